The van der Waals surface area contributed by atoms with Crippen molar-refractivity contribution in [2.75, 3.05) is 18.7 Å². The van der Waals surface area contributed by atoms with Crippen molar-refractivity contribution in [3.8, 4) is 11.5 Å². The van der Waals surface area contributed by atoms with Crippen LogP contribution in [0.1, 0.15) is 29.9 Å². The van der Waals surface area contributed by atoms with E-state index >= 15 is 0 Å². The quantitative estimate of drug-likeness (QED) is 0.653. The number of benzene rings is 2. The maximum atomic E-state index is 12.6. The van der Waals surface area contributed by atoms with Crippen molar-refractivity contribution >= 4 is 22.8 Å². The van der Waals surface area contributed by atoms with Crippen molar-refractivity contribution in [1.29, 1.82) is 0 Å². The van der Waals surface area contributed by atoms with E-state index in [9.17, 15) is 4.79 Å². The molecule has 28 heavy (non-hydrogen) atoms. The van der Waals surface area contributed by atoms with Gasteiger partial charge in [-0.1, -0.05) is 32.0 Å². The molecular formula is C21H21N3O4. The minimum absolute atomic E-state index is 0.181. The van der Waals surface area contributed by atoms with E-state index in [-0.39, 0.29) is 18.4 Å². The van der Waals surface area contributed by atoms with Crippen molar-refractivity contribution < 1.29 is 19.0 Å². The van der Waals surface area contributed by atoms with E-state index in [1.165, 1.54) is 0 Å². The van der Waals surface area contributed by atoms with E-state index in [0.717, 1.165) is 11.3 Å². The highest BCUT2D eigenvalue weighted by atomic mass is 16.7. The standard InChI is InChI=1S/C21H21N3O4/c1-13(2)11-26-21(25)19-20(24-16-6-4-3-5-15(16)23-19)22-10-14-7-8-17-18(9-14)28-12-27-17/h3-9,13H,10-12H2,1-2H3,(H,22,24). The Hall–Kier alpha value is -3.35. The lowest BCUT2D eigenvalue weighted by molar-refractivity contribution is 0.0453. The van der Waals surface area contributed by atoms with Crippen LogP contribution >= 0.6 is 0 Å². The first-order valence-corrected chi connectivity index (χ1v) is 9.16. The van der Waals surface area contributed by atoms with Gasteiger partial charge in [-0.2, -0.15) is 0 Å². The number of carbonyl (C=O) groups is 1. The fourth-order valence-electron chi connectivity index (χ4n) is 2.81. The van der Waals surface area contributed by atoms with Gasteiger partial charge in [-0.05, 0) is 35.7 Å². The van der Waals surface area contributed by atoms with Crippen molar-refractivity contribution in [3.05, 3.63) is 53.7 Å². The van der Waals surface area contributed by atoms with Crippen molar-refractivity contribution in [2.45, 2.75) is 20.4 Å². The van der Waals surface area contributed by atoms with Crippen LogP contribution in [-0.4, -0.2) is 29.3 Å². The molecule has 1 aliphatic rings. The van der Waals surface area contributed by atoms with E-state index in [2.05, 4.69) is 15.3 Å². The van der Waals surface area contributed by atoms with Gasteiger partial charge in [0, 0.05) is 6.54 Å². The molecule has 0 radical (unpaired) electrons. The Morgan fingerprint density at radius 2 is 1.86 bits per heavy atom. The van der Waals surface area contributed by atoms with Crippen LogP contribution in [0.5, 0.6) is 11.5 Å². The minimum atomic E-state index is -0.486. The molecule has 0 unspecified atom stereocenters. The molecule has 0 atom stereocenters. The number of nitrogens with zero attached hydrogens (tertiary/aromatic N) is 2. The third kappa shape index (κ3) is 3.83. The molecule has 0 aliphatic carbocycles. The van der Waals surface area contributed by atoms with E-state index in [1.807, 2.05) is 56.3 Å². The summed E-state index contributed by atoms with van der Waals surface area (Å²) in [6.45, 7) is 4.98. The average molecular weight is 379 g/mol. The summed E-state index contributed by atoms with van der Waals surface area (Å²) in [6, 6.07) is 13.1. The Morgan fingerprint density at radius 3 is 2.64 bits per heavy atom. The molecule has 2 aromatic carbocycles. The lowest BCUT2D eigenvalue weighted by Gasteiger charge is -2.13. The molecule has 0 saturated carbocycles. The van der Waals surface area contributed by atoms with Crippen molar-refractivity contribution in [3.63, 3.8) is 0 Å². The predicted octanol–water partition coefficient (Wildman–Crippen LogP) is 3.78. The minimum Gasteiger partial charge on any atom is -0.461 e. The Balaban J connectivity index is 1.60. The second-order valence-electron chi connectivity index (χ2n) is 6.94. The zero-order chi connectivity index (χ0) is 19.5. The number of anilines is 1. The van der Waals surface area contributed by atoms with Gasteiger partial charge in [-0.25, -0.2) is 14.8 Å². The number of carbonyl (C=O) groups excluding carboxylic acids is 1. The number of hydrogen-bond acceptors (Lipinski definition) is 7. The van der Waals surface area contributed by atoms with Crippen LogP contribution in [0.25, 0.3) is 11.0 Å². The van der Waals surface area contributed by atoms with Gasteiger partial charge < -0.3 is 19.5 Å². The molecule has 0 amide bonds. The fourth-order valence-corrected chi connectivity index (χ4v) is 2.81. The van der Waals surface area contributed by atoms with Crippen LogP contribution in [0.4, 0.5) is 5.82 Å². The van der Waals surface area contributed by atoms with E-state index in [1.54, 1.807) is 0 Å². The number of aromatic nitrogens is 2. The number of hydrogen-bond donors (Lipinski definition) is 1. The molecule has 0 fully saturated rings. The Kier molecular flexibility index (Phi) is 4.97. The van der Waals surface area contributed by atoms with Gasteiger partial charge >= 0.3 is 5.97 Å². The smallest absolute Gasteiger partial charge is 0.360 e. The summed E-state index contributed by atoms with van der Waals surface area (Å²) >= 11 is 0. The van der Waals surface area contributed by atoms with Gasteiger partial charge in [0.05, 0.1) is 17.6 Å². The highest BCUT2D eigenvalue weighted by molar-refractivity contribution is 5.95. The molecule has 0 saturated heterocycles. The third-order valence-electron chi connectivity index (χ3n) is 4.21. The number of fused-ring (bicyclic) bond motifs is 2. The monoisotopic (exact) mass is 379 g/mol. The van der Waals surface area contributed by atoms with E-state index in [4.69, 9.17) is 14.2 Å². The molecule has 2 heterocycles. The summed E-state index contributed by atoms with van der Waals surface area (Å²) in [6.07, 6.45) is 0. The van der Waals surface area contributed by atoms with Gasteiger partial charge in [0.2, 0.25) is 6.79 Å². The lowest BCUT2D eigenvalue weighted by Crippen LogP contribution is -2.16. The van der Waals surface area contributed by atoms with Crippen LogP contribution in [0.3, 0.4) is 0 Å². The molecule has 7 heteroatoms. The van der Waals surface area contributed by atoms with Crippen LogP contribution in [0.2, 0.25) is 0 Å². The largest absolute Gasteiger partial charge is 0.461 e. The summed E-state index contributed by atoms with van der Waals surface area (Å²) in [7, 11) is 0. The SMILES string of the molecule is CC(C)COC(=O)c1nc2ccccc2nc1NCc1ccc2c(c1)OCO2. The Labute approximate surface area is 162 Å². The zero-order valence-electron chi connectivity index (χ0n) is 15.8. The third-order valence-corrected chi connectivity index (χ3v) is 4.21. The van der Waals surface area contributed by atoms with Gasteiger partial charge in [-0.15, -0.1) is 0 Å². The lowest BCUT2D eigenvalue weighted by atomic mass is 10.2. The summed E-state index contributed by atoms with van der Waals surface area (Å²) in [5.74, 6) is 1.58. The van der Waals surface area contributed by atoms with Gasteiger partial charge in [0.15, 0.2) is 23.0 Å². The molecule has 144 valence electrons. The summed E-state index contributed by atoms with van der Waals surface area (Å²) in [4.78, 5) is 21.6. The zero-order valence-corrected chi connectivity index (χ0v) is 15.8. The first kappa shape index (κ1) is 18.0. The summed E-state index contributed by atoms with van der Waals surface area (Å²) < 4.78 is 16.1. The Bertz CT molecular complexity index is 1020. The van der Waals surface area contributed by atoms with Crippen LogP contribution in [0, 0.1) is 5.92 Å². The Morgan fingerprint density at radius 1 is 1.11 bits per heavy atom. The second-order valence-corrected chi connectivity index (χ2v) is 6.94. The van der Waals surface area contributed by atoms with E-state index < -0.39 is 5.97 Å². The summed E-state index contributed by atoms with van der Waals surface area (Å²) in [5.41, 5.74) is 2.50. The maximum absolute atomic E-state index is 12.6. The molecule has 1 aliphatic heterocycles. The van der Waals surface area contributed by atoms with Crippen molar-refractivity contribution in [2.24, 2.45) is 5.92 Å². The normalized spacial score (nSPS) is 12.4. The van der Waals surface area contributed by atoms with Gasteiger partial charge in [-0.3, -0.25) is 0 Å². The first-order valence-electron chi connectivity index (χ1n) is 9.16. The molecule has 4 rings (SSSR count). The number of ether oxygens (including phenoxy) is 3. The highest BCUT2D eigenvalue weighted by Gasteiger charge is 2.19. The number of esters is 1. The molecule has 1 aromatic heterocycles. The van der Waals surface area contributed by atoms with E-state index in [0.29, 0.717) is 35.8 Å². The number of nitrogens with one attached hydrogen (secondary N) is 1. The average Bonchev–Trinajstić information content (AvgIpc) is 3.17. The predicted molar refractivity (Wildman–Crippen MR) is 105 cm³/mol. The van der Waals surface area contributed by atoms with Crippen LogP contribution in [-0.2, 0) is 11.3 Å². The number of para-hydroxylation sites is 2. The molecule has 7 nitrogen and oxygen atoms in total. The molecule has 3 aromatic rings. The fraction of sp³-hybridized carbons (Fsp3) is 0.286. The second kappa shape index (κ2) is 7.72. The number of rotatable bonds is 6. The van der Waals surface area contributed by atoms with Crippen LogP contribution in [0.15, 0.2) is 42.5 Å². The molecule has 1 N–H and O–H groups in total. The highest BCUT2D eigenvalue weighted by Crippen LogP contribution is 2.32. The van der Waals surface area contributed by atoms with Gasteiger partial charge in [0.1, 0.15) is 0 Å². The van der Waals surface area contributed by atoms with Crippen molar-refractivity contribution in [1.82, 2.24) is 9.97 Å². The first-order chi connectivity index (χ1) is 13.6. The van der Waals surface area contributed by atoms with Crippen LogP contribution < -0.4 is 14.8 Å². The maximum Gasteiger partial charge on any atom is 0.360 e. The van der Waals surface area contributed by atoms with Gasteiger partial charge in [0.25, 0.3) is 0 Å². The molecule has 0 bridgehead atoms. The molecular weight excluding hydrogens is 358 g/mol. The molecule has 0 spiro atoms. The topological polar surface area (TPSA) is 82.6 Å². The summed E-state index contributed by atoms with van der Waals surface area (Å²) in [5, 5.41) is 3.21.